The van der Waals surface area contributed by atoms with Gasteiger partial charge < -0.3 is 11.1 Å². The van der Waals surface area contributed by atoms with Gasteiger partial charge in [-0.2, -0.15) is 0 Å². The Morgan fingerprint density at radius 2 is 2.31 bits per heavy atom. The monoisotopic (exact) mass is 246 g/mol. The van der Waals surface area contributed by atoms with Crippen molar-refractivity contribution in [2.24, 2.45) is 5.73 Å². The van der Waals surface area contributed by atoms with Crippen LogP contribution in [-0.2, 0) is 0 Å². The quantitative estimate of drug-likeness (QED) is 0.860. The summed E-state index contributed by atoms with van der Waals surface area (Å²) >= 11 is 3.27. The van der Waals surface area contributed by atoms with Gasteiger partial charge in [0.05, 0.1) is 5.69 Å². The van der Waals surface area contributed by atoms with Crippen molar-refractivity contribution in [2.45, 2.75) is 13.0 Å². The van der Waals surface area contributed by atoms with Gasteiger partial charge in [0.15, 0.2) is 0 Å². The predicted octanol–water partition coefficient (Wildman–Crippen LogP) is 2.35. The Bertz CT molecular complexity index is 289. The van der Waals surface area contributed by atoms with Gasteiger partial charge in [0.25, 0.3) is 0 Å². The van der Waals surface area contributed by atoms with E-state index in [2.05, 4.69) is 21.2 Å². The molecule has 3 N–H and O–H groups in total. The molecule has 0 radical (unpaired) electrons. The van der Waals surface area contributed by atoms with Gasteiger partial charge in [-0.15, -0.1) is 0 Å². The summed E-state index contributed by atoms with van der Waals surface area (Å²) in [6.07, 6.45) is 0. The first-order valence-corrected chi connectivity index (χ1v) is 4.83. The molecule has 0 saturated heterocycles. The number of hydrogen-bond donors (Lipinski definition) is 2. The first kappa shape index (κ1) is 10.5. The number of benzene rings is 1. The van der Waals surface area contributed by atoms with E-state index in [9.17, 15) is 4.39 Å². The smallest absolute Gasteiger partial charge is 0.146 e. The van der Waals surface area contributed by atoms with Crippen LogP contribution in [0.5, 0.6) is 0 Å². The molecule has 72 valence electrons. The van der Waals surface area contributed by atoms with E-state index in [-0.39, 0.29) is 11.9 Å². The van der Waals surface area contributed by atoms with Crippen LogP contribution in [-0.4, -0.2) is 12.6 Å². The average Bonchev–Trinajstić information content (AvgIpc) is 2.06. The number of rotatable bonds is 3. The lowest BCUT2D eigenvalue weighted by Gasteiger charge is -2.09. The lowest BCUT2D eigenvalue weighted by Crippen LogP contribution is -2.25. The third-order valence-electron chi connectivity index (χ3n) is 1.54. The lowest BCUT2D eigenvalue weighted by molar-refractivity contribution is 0.628. The van der Waals surface area contributed by atoms with Gasteiger partial charge in [-0.25, -0.2) is 4.39 Å². The minimum atomic E-state index is -0.260. The van der Waals surface area contributed by atoms with Crippen LogP contribution in [0.3, 0.4) is 0 Å². The Morgan fingerprint density at radius 3 is 2.92 bits per heavy atom. The summed E-state index contributed by atoms with van der Waals surface area (Å²) < 4.78 is 13.9. The van der Waals surface area contributed by atoms with Gasteiger partial charge in [0.2, 0.25) is 0 Å². The van der Waals surface area contributed by atoms with Crippen molar-refractivity contribution in [2.75, 3.05) is 11.9 Å². The van der Waals surface area contributed by atoms with Crippen LogP contribution in [0.25, 0.3) is 0 Å². The maximum Gasteiger partial charge on any atom is 0.146 e. The van der Waals surface area contributed by atoms with Crippen LogP contribution in [0.4, 0.5) is 10.1 Å². The van der Waals surface area contributed by atoms with Crippen LogP contribution in [0.2, 0.25) is 0 Å². The molecular weight excluding hydrogens is 235 g/mol. The van der Waals surface area contributed by atoms with E-state index in [4.69, 9.17) is 5.73 Å². The van der Waals surface area contributed by atoms with Gasteiger partial charge in [0, 0.05) is 17.1 Å². The maximum atomic E-state index is 13.1. The van der Waals surface area contributed by atoms with Gasteiger partial charge in [0.1, 0.15) is 5.82 Å². The van der Waals surface area contributed by atoms with Crippen LogP contribution in [0.15, 0.2) is 22.7 Å². The lowest BCUT2D eigenvalue weighted by atomic mass is 10.3. The highest BCUT2D eigenvalue weighted by Crippen LogP contribution is 2.19. The molecular formula is C9H12BrFN2. The molecule has 0 aliphatic rings. The van der Waals surface area contributed by atoms with Crippen molar-refractivity contribution in [3.63, 3.8) is 0 Å². The summed E-state index contributed by atoms with van der Waals surface area (Å²) in [4.78, 5) is 0. The van der Waals surface area contributed by atoms with Crippen molar-refractivity contribution in [1.29, 1.82) is 0 Å². The van der Waals surface area contributed by atoms with Gasteiger partial charge in [-0.1, -0.05) is 15.9 Å². The van der Waals surface area contributed by atoms with Gasteiger partial charge in [-0.05, 0) is 25.1 Å². The highest BCUT2D eigenvalue weighted by atomic mass is 79.9. The molecule has 0 aromatic heterocycles. The summed E-state index contributed by atoms with van der Waals surface area (Å²) in [5.74, 6) is -0.260. The van der Waals surface area contributed by atoms with E-state index < -0.39 is 0 Å². The number of halogens is 2. The SMILES string of the molecule is CC(N)CNc1cc(Br)ccc1F. The minimum Gasteiger partial charge on any atom is -0.381 e. The first-order valence-electron chi connectivity index (χ1n) is 4.04. The average molecular weight is 247 g/mol. The molecule has 0 heterocycles. The minimum absolute atomic E-state index is 0.0124. The molecule has 1 aromatic rings. The zero-order valence-corrected chi connectivity index (χ0v) is 8.94. The van der Waals surface area contributed by atoms with Crippen molar-refractivity contribution in [3.8, 4) is 0 Å². The molecule has 1 aromatic carbocycles. The van der Waals surface area contributed by atoms with Crippen molar-refractivity contribution >= 4 is 21.6 Å². The van der Waals surface area contributed by atoms with E-state index in [0.29, 0.717) is 12.2 Å². The third kappa shape index (κ3) is 3.32. The van der Waals surface area contributed by atoms with Crippen LogP contribution in [0.1, 0.15) is 6.92 Å². The molecule has 4 heteroatoms. The van der Waals surface area contributed by atoms with E-state index in [1.165, 1.54) is 6.07 Å². The standard InChI is InChI=1S/C9H12BrFN2/c1-6(12)5-13-9-4-7(10)2-3-8(9)11/h2-4,6,13H,5,12H2,1H3. The maximum absolute atomic E-state index is 13.1. The number of nitrogens with one attached hydrogen (secondary N) is 1. The molecule has 0 aliphatic heterocycles. The second-order valence-electron chi connectivity index (χ2n) is 2.98. The number of anilines is 1. The Morgan fingerprint density at radius 1 is 1.62 bits per heavy atom. The Balaban J connectivity index is 2.70. The summed E-state index contributed by atoms with van der Waals surface area (Å²) in [5.41, 5.74) is 6.01. The molecule has 0 amide bonds. The Kier molecular flexibility index (Phi) is 3.69. The van der Waals surface area contributed by atoms with E-state index in [0.717, 1.165) is 4.47 Å². The third-order valence-corrected chi connectivity index (χ3v) is 2.04. The van der Waals surface area contributed by atoms with Gasteiger partial charge >= 0.3 is 0 Å². The van der Waals surface area contributed by atoms with Gasteiger partial charge in [-0.3, -0.25) is 0 Å². The molecule has 1 unspecified atom stereocenters. The zero-order chi connectivity index (χ0) is 9.84. The fraction of sp³-hybridized carbons (Fsp3) is 0.333. The van der Waals surface area contributed by atoms with E-state index >= 15 is 0 Å². The zero-order valence-electron chi connectivity index (χ0n) is 7.35. The molecule has 13 heavy (non-hydrogen) atoms. The highest BCUT2D eigenvalue weighted by Gasteiger charge is 2.02. The number of hydrogen-bond acceptors (Lipinski definition) is 2. The normalized spacial score (nSPS) is 12.6. The second kappa shape index (κ2) is 4.58. The molecule has 0 saturated carbocycles. The summed E-state index contributed by atoms with van der Waals surface area (Å²) in [6, 6.07) is 4.77. The molecule has 1 atom stereocenters. The molecule has 0 spiro atoms. The van der Waals surface area contributed by atoms with Crippen molar-refractivity contribution in [3.05, 3.63) is 28.5 Å². The van der Waals surface area contributed by atoms with Crippen LogP contribution >= 0.6 is 15.9 Å². The van der Waals surface area contributed by atoms with Crippen molar-refractivity contribution in [1.82, 2.24) is 0 Å². The number of nitrogens with two attached hydrogens (primary N) is 1. The van der Waals surface area contributed by atoms with Crippen LogP contribution < -0.4 is 11.1 Å². The fourth-order valence-electron chi connectivity index (χ4n) is 0.904. The molecule has 1 rings (SSSR count). The molecule has 2 nitrogen and oxygen atoms in total. The van der Waals surface area contributed by atoms with Crippen LogP contribution in [0, 0.1) is 5.82 Å². The summed E-state index contributed by atoms with van der Waals surface area (Å²) in [5, 5.41) is 2.92. The summed E-state index contributed by atoms with van der Waals surface area (Å²) in [7, 11) is 0. The molecule has 0 aliphatic carbocycles. The fourth-order valence-corrected chi connectivity index (χ4v) is 1.26. The molecule has 0 fully saturated rings. The van der Waals surface area contributed by atoms with E-state index in [1.807, 2.05) is 6.92 Å². The van der Waals surface area contributed by atoms with Crippen molar-refractivity contribution < 1.29 is 4.39 Å². The Labute approximate surface area is 85.4 Å². The molecule has 0 bridgehead atoms. The Hall–Kier alpha value is -0.610. The highest BCUT2D eigenvalue weighted by molar-refractivity contribution is 9.10. The first-order chi connectivity index (χ1) is 6.09. The predicted molar refractivity (Wildman–Crippen MR) is 56.2 cm³/mol. The topological polar surface area (TPSA) is 38.0 Å². The second-order valence-corrected chi connectivity index (χ2v) is 3.90. The largest absolute Gasteiger partial charge is 0.381 e. The van der Waals surface area contributed by atoms with E-state index in [1.54, 1.807) is 12.1 Å². The summed E-state index contributed by atoms with van der Waals surface area (Å²) in [6.45, 7) is 2.43.